The zero-order valence-corrected chi connectivity index (χ0v) is 9.18. The molecule has 82 valence electrons. The van der Waals surface area contributed by atoms with E-state index in [0.29, 0.717) is 5.75 Å². The summed E-state index contributed by atoms with van der Waals surface area (Å²) in [5.41, 5.74) is 2.10. The van der Waals surface area contributed by atoms with Gasteiger partial charge < -0.3 is 0 Å². The van der Waals surface area contributed by atoms with Crippen molar-refractivity contribution in [3.8, 4) is 0 Å². The van der Waals surface area contributed by atoms with Crippen LogP contribution in [0.1, 0.15) is 6.92 Å². The van der Waals surface area contributed by atoms with Gasteiger partial charge in [0.1, 0.15) is 5.82 Å². The number of benzene rings is 1. The number of hydrogen-bond donors (Lipinski definition) is 2. The molecule has 0 bridgehead atoms. The van der Waals surface area contributed by atoms with Gasteiger partial charge in [0.05, 0.1) is 0 Å². The molecule has 0 aliphatic heterocycles. The Bertz CT molecular complexity index is 329. The highest BCUT2D eigenvalue weighted by atomic mass is 32.2. The van der Waals surface area contributed by atoms with E-state index in [4.69, 9.17) is 5.84 Å². The molecule has 0 aliphatic rings. The Hall–Kier alpha value is -1.07. The van der Waals surface area contributed by atoms with Gasteiger partial charge in [0.25, 0.3) is 0 Å². The van der Waals surface area contributed by atoms with Crippen LogP contribution in [0.2, 0.25) is 0 Å². The van der Waals surface area contributed by atoms with Gasteiger partial charge in [0.15, 0.2) is 0 Å². The zero-order valence-electron chi connectivity index (χ0n) is 8.37. The highest BCUT2D eigenvalue weighted by molar-refractivity contribution is 7.99. The van der Waals surface area contributed by atoms with Crippen molar-refractivity contribution < 1.29 is 9.18 Å². The lowest BCUT2D eigenvalue weighted by Gasteiger charge is -2.08. The maximum absolute atomic E-state index is 12.6. The number of nitrogens with two attached hydrogens (primary N) is 1. The first-order valence-corrected chi connectivity index (χ1v) is 5.51. The molecule has 1 atom stereocenters. The van der Waals surface area contributed by atoms with E-state index in [2.05, 4.69) is 5.43 Å². The number of hydrazine groups is 1. The van der Waals surface area contributed by atoms with Crippen molar-refractivity contribution >= 4 is 17.7 Å². The minimum atomic E-state index is -0.257. The van der Waals surface area contributed by atoms with Gasteiger partial charge in [-0.15, -0.1) is 11.8 Å². The van der Waals surface area contributed by atoms with E-state index in [0.717, 1.165) is 4.90 Å². The van der Waals surface area contributed by atoms with Gasteiger partial charge in [-0.25, -0.2) is 10.2 Å². The van der Waals surface area contributed by atoms with Crippen LogP contribution in [0, 0.1) is 11.7 Å². The summed E-state index contributed by atoms with van der Waals surface area (Å²) in [6.07, 6.45) is 0. The van der Waals surface area contributed by atoms with E-state index in [-0.39, 0.29) is 17.6 Å². The molecular weight excluding hydrogens is 215 g/mol. The monoisotopic (exact) mass is 228 g/mol. The van der Waals surface area contributed by atoms with Gasteiger partial charge in [-0.05, 0) is 24.3 Å². The lowest BCUT2D eigenvalue weighted by atomic mass is 10.2. The maximum Gasteiger partial charge on any atom is 0.237 e. The van der Waals surface area contributed by atoms with Crippen LogP contribution in [0.25, 0.3) is 0 Å². The van der Waals surface area contributed by atoms with Crippen molar-refractivity contribution in [2.45, 2.75) is 11.8 Å². The molecule has 5 heteroatoms. The molecule has 1 rings (SSSR count). The average molecular weight is 228 g/mol. The number of carbonyl (C=O) groups is 1. The molecule has 0 fully saturated rings. The highest BCUT2D eigenvalue weighted by Crippen LogP contribution is 2.20. The number of halogens is 1. The maximum atomic E-state index is 12.6. The summed E-state index contributed by atoms with van der Waals surface area (Å²) in [7, 11) is 0. The quantitative estimate of drug-likeness (QED) is 0.356. The standard InChI is InChI=1S/C10H13FN2OS/c1-7(10(14)13-12)6-15-9-4-2-8(11)3-5-9/h2-5,7H,6,12H2,1H3,(H,13,14). The summed E-state index contributed by atoms with van der Waals surface area (Å²) in [5.74, 6) is 5.01. The zero-order chi connectivity index (χ0) is 11.3. The lowest BCUT2D eigenvalue weighted by Crippen LogP contribution is -2.35. The summed E-state index contributed by atoms with van der Waals surface area (Å²) in [5, 5.41) is 0. The first kappa shape index (κ1) is 12.0. The number of amides is 1. The van der Waals surface area contributed by atoms with E-state index in [1.54, 1.807) is 19.1 Å². The van der Waals surface area contributed by atoms with Crippen LogP contribution in [0.5, 0.6) is 0 Å². The van der Waals surface area contributed by atoms with Gasteiger partial charge >= 0.3 is 0 Å². The van der Waals surface area contributed by atoms with Gasteiger partial charge in [0, 0.05) is 16.6 Å². The smallest absolute Gasteiger partial charge is 0.237 e. The molecule has 3 nitrogen and oxygen atoms in total. The predicted octanol–water partition coefficient (Wildman–Crippen LogP) is 1.54. The van der Waals surface area contributed by atoms with Gasteiger partial charge in [0.2, 0.25) is 5.91 Å². The Morgan fingerprint density at radius 2 is 2.13 bits per heavy atom. The number of carbonyl (C=O) groups excluding carboxylic acids is 1. The van der Waals surface area contributed by atoms with Crippen LogP contribution in [0.3, 0.4) is 0 Å². The second-order valence-corrected chi connectivity index (χ2v) is 4.27. The topological polar surface area (TPSA) is 55.1 Å². The third kappa shape index (κ3) is 3.89. The number of nitrogens with one attached hydrogen (secondary N) is 1. The third-order valence-electron chi connectivity index (χ3n) is 1.90. The fraction of sp³-hybridized carbons (Fsp3) is 0.300. The van der Waals surface area contributed by atoms with Crippen LogP contribution < -0.4 is 11.3 Å². The molecule has 0 aromatic heterocycles. The Kier molecular flexibility index (Phi) is 4.58. The Labute approximate surface area is 92.2 Å². The lowest BCUT2D eigenvalue weighted by molar-refractivity contribution is -0.123. The normalized spacial score (nSPS) is 12.2. The Balaban J connectivity index is 2.43. The molecule has 1 aromatic carbocycles. The molecule has 0 radical (unpaired) electrons. The van der Waals surface area contributed by atoms with Gasteiger partial charge in [-0.1, -0.05) is 6.92 Å². The second-order valence-electron chi connectivity index (χ2n) is 3.17. The SMILES string of the molecule is CC(CSc1ccc(F)cc1)C(=O)NN. The Morgan fingerprint density at radius 1 is 1.53 bits per heavy atom. The molecule has 0 spiro atoms. The summed E-state index contributed by atoms with van der Waals surface area (Å²) < 4.78 is 12.6. The number of rotatable bonds is 4. The summed E-state index contributed by atoms with van der Waals surface area (Å²) in [6.45, 7) is 1.79. The molecule has 0 aliphatic carbocycles. The molecule has 0 saturated heterocycles. The van der Waals surface area contributed by atoms with Crippen LogP contribution >= 0.6 is 11.8 Å². The minimum absolute atomic E-state index is 0.162. The van der Waals surface area contributed by atoms with E-state index in [1.165, 1.54) is 23.9 Å². The summed E-state index contributed by atoms with van der Waals surface area (Å²) in [4.78, 5) is 12.0. The fourth-order valence-corrected chi connectivity index (χ4v) is 1.89. The minimum Gasteiger partial charge on any atom is -0.294 e. The average Bonchev–Trinajstić information content (AvgIpc) is 2.26. The Morgan fingerprint density at radius 3 is 2.67 bits per heavy atom. The van der Waals surface area contributed by atoms with Crippen LogP contribution in [-0.2, 0) is 4.79 Å². The molecule has 1 amide bonds. The van der Waals surface area contributed by atoms with E-state index in [1.807, 2.05) is 0 Å². The molecular formula is C10H13FN2OS. The molecule has 3 N–H and O–H groups in total. The fourth-order valence-electron chi connectivity index (χ4n) is 0.970. The third-order valence-corrected chi connectivity index (χ3v) is 3.18. The number of thioether (sulfide) groups is 1. The van der Waals surface area contributed by atoms with Crippen molar-refractivity contribution in [1.29, 1.82) is 0 Å². The summed E-state index contributed by atoms with van der Waals surface area (Å²) in [6, 6.07) is 6.17. The highest BCUT2D eigenvalue weighted by Gasteiger charge is 2.11. The van der Waals surface area contributed by atoms with Gasteiger partial charge in [-0.3, -0.25) is 10.2 Å². The van der Waals surface area contributed by atoms with Crippen LogP contribution in [0.4, 0.5) is 4.39 Å². The van der Waals surface area contributed by atoms with Crippen molar-refractivity contribution in [3.05, 3.63) is 30.1 Å². The molecule has 1 unspecified atom stereocenters. The van der Waals surface area contributed by atoms with Crippen molar-refractivity contribution in [3.63, 3.8) is 0 Å². The van der Waals surface area contributed by atoms with Crippen molar-refractivity contribution in [1.82, 2.24) is 5.43 Å². The van der Waals surface area contributed by atoms with E-state index < -0.39 is 0 Å². The first-order valence-electron chi connectivity index (χ1n) is 4.52. The van der Waals surface area contributed by atoms with Gasteiger partial charge in [-0.2, -0.15) is 0 Å². The molecule has 0 heterocycles. The van der Waals surface area contributed by atoms with Crippen LogP contribution in [-0.4, -0.2) is 11.7 Å². The number of hydrogen-bond acceptors (Lipinski definition) is 3. The first-order chi connectivity index (χ1) is 7.13. The van der Waals surface area contributed by atoms with Crippen LogP contribution in [0.15, 0.2) is 29.2 Å². The molecule has 0 saturated carbocycles. The van der Waals surface area contributed by atoms with E-state index in [9.17, 15) is 9.18 Å². The second kappa shape index (κ2) is 5.72. The van der Waals surface area contributed by atoms with E-state index >= 15 is 0 Å². The van der Waals surface area contributed by atoms with Crippen molar-refractivity contribution in [2.75, 3.05) is 5.75 Å². The molecule has 15 heavy (non-hydrogen) atoms. The predicted molar refractivity (Wildman–Crippen MR) is 58.6 cm³/mol. The largest absolute Gasteiger partial charge is 0.294 e. The molecule has 1 aromatic rings. The summed E-state index contributed by atoms with van der Waals surface area (Å²) >= 11 is 1.50. The van der Waals surface area contributed by atoms with Crippen molar-refractivity contribution in [2.24, 2.45) is 11.8 Å².